The maximum atomic E-state index is 12.2. The van der Waals surface area contributed by atoms with E-state index in [4.69, 9.17) is 5.73 Å². The Morgan fingerprint density at radius 1 is 1.29 bits per heavy atom. The summed E-state index contributed by atoms with van der Waals surface area (Å²) in [5.41, 5.74) is 5.53. The fourth-order valence-corrected chi connectivity index (χ4v) is 4.29. The van der Waals surface area contributed by atoms with E-state index in [1.165, 1.54) is 6.07 Å². The molecule has 1 aliphatic carbocycles. The van der Waals surface area contributed by atoms with Crippen molar-refractivity contribution in [2.45, 2.75) is 17.7 Å². The molecule has 0 saturated heterocycles. The molecule has 0 atom stereocenters. The summed E-state index contributed by atoms with van der Waals surface area (Å²) in [6.07, 6.45) is 1.26. The molecule has 1 heterocycles. The van der Waals surface area contributed by atoms with E-state index in [9.17, 15) is 13.2 Å². The summed E-state index contributed by atoms with van der Waals surface area (Å²) in [4.78, 5) is 12.1. The van der Waals surface area contributed by atoms with Gasteiger partial charge in [-0.05, 0) is 25.0 Å². The van der Waals surface area contributed by atoms with Gasteiger partial charge in [-0.1, -0.05) is 6.07 Å². The lowest BCUT2D eigenvalue weighted by Gasteiger charge is -2.09. The molecular weight excluding hydrogens is 240 g/mol. The minimum atomic E-state index is -3.44. The van der Waals surface area contributed by atoms with Gasteiger partial charge < -0.3 is 11.1 Å². The van der Waals surface area contributed by atoms with Crippen LogP contribution < -0.4 is 11.1 Å². The Hall–Kier alpha value is -1.56. The highest BCUT2D eigenvalue weighted by Gasteiger charge is 2.54. The third-order valence-corrected chi connectivity index (χ3v) is 5.38. The van der Waals surface area contributed by atoms with E-state index in [2.05, 4.69) is 5.32 Å². The molecule has 3 N–H and O–H groups in total. The predicted molar refractivity (Wildman–Crippen MR) is 63.2 cm³/mol. The molecule has 2 aliphatic rings. The van der Waals surface area contributed by atoms with Crippen LogP contribution in [0.15, 0.2) is 23.1 Å². The molecule has 1 saturated carbocycles. The van der Waals surface area contributed by atoms with Crippen LogP contribution >= 0.6 is 0 Å². The van der Waals surface area contributed by atoms with Crippen LogP contribution in [0.25, 0.3) is 0 Å². The molecule has 0 unspecified atom stereocenters. The maximum absolute atomic E-state index is 12.2. The second kappa shape index (κ2) is 3.01. The predicted octanol–water partition coefficient (Wildman–Crippen LogP) is 0.775. The van der Waals surface area contributed by atoms with Gasteiger partial charge in [-0.3, -0.25) is 4.79 Å². The molecule has 1 aromatic carbocycles. The van der Waals surface area contributed by atoms with Crippen LogP contribution in [0.2, 0.25) is 0 Å². The number of rotatable bonds is 0. The summed E-state index contributed by atoms with van der Waals surface area (Å²) >= 11 is 0. The first-order valence-electron chi connectivity index (χ1n) is 5.37. The lowest BCUT2D eigenvalue weighted by molar-refractivity contribution is -0.120. The number of para-hydroxylation sites is 1. The Morgan fingerprint density at radius 3 is 2.65 bits per heavy atom. The van der Waals surface area contributed by atoms with Gasteiger partial charge in [0.1, 0.15) is 0 Å². The number of fused-ring (bicyclic) bond motifs is 1. The number of sulfone groups is 1. The molecule has 1 amide bonds. The van der Waals surface area contributed by atoms with Crippen LogP contribution in [0.5, 0.6) is 0 Å². The number of carbonyl (C=O) groups excluding carboxylic acids is 1. The van der Waals surface area contributed by atoms with Crippen molar-refractivity contribution in [2.24, 2.45) is 5.41 Å². The average Bonchev–Trinajstić information content (AvgIpc) is 3.00. The van der Waals surface area contributed by atoms with Gasteiger partial charge in [-0.15, -0.1) is 0 Å². The molecule has 90 valence electrons. The van der Waals surface area contributed by atoms with Gasteiger partial charge in [0.15, 0.2) is 9.84 Å². The average molecular weight is 252 g/mol. The largest absolute Gasteiger partial charge is 0.397 e. The molecule has 0 bridgehead atoms. The molecule has 0 radical (unpaired) electrons. The van der Waals surface area contributed by atoms with Gasteiger partial charge in [0.25, 0.3) is 0 Å². The Kier molecular flexibility index (Phi) is 1.87. The number of nitrogen functional groups attached to an aromatic ring is 1. The lowest BCUT2D eigenvalue weighted by atomic mass is 10.1. The zero-order chi connectivity index (χ0) is 12.3. The van der Waals surface area contributed by atoms with Gasteiger partial charge in [-0.25, -0.2) is 8.42 Å². The summed E-state index contributed by atoms with van der Waals surface area (Å²) in [6, 6.07) is 4.66. The Labute approximate surface area is 98.9 Å². The zero-order valence-corrected chi connectivity index (χ0v) is 9.88. The molecule has 1 aliphatic heterocycles. The Morgan fingerprint density at radius 2 is 2.00 bits per heavy atom. The molecule has 17 heavy (non-hydrogen) atoms. The number of benzene rings is 1. The topological polar surface area (TPSA) is 89.3 Å². The standard InChI is InChI=1S/C11H12N2O3S/c12-7-2-1-3-8-9(7)13-10(14)11(4-5-11)6-17(8,15)16/h1-3H,4-6,12H2,(H,13,14). The number of carbonyl (C=O) groups is 1. The minimum Gasteiger partial charge on any atom is -0.397 e. The Bertz CT molecular complexity index is 618. The van der Waals surface area contributed by atoms with Gasteiger partial charge >= 0.3 is 0 Å². The molecule has 0 aromatic heterocycles. The number of amides is 1. The third-order valence-electron chi connectivity index (χ3n) is 3.43. The monoisotopic (exact) mass is 252 g/mol. The summed E-state index contributed by atoms with van der Waals surface area (Å²) in [6.45, 7) is 0. The highest BCUT2D eigenvalue weighted by Crippen LogP contribution is 2.51. The van der Waals surface area contributed by atoms with Gasteiger partial charge in [-0.2, -0.15) is 0 Å². The van der Waals surface area contributed by atoms with E-state index in [1.807, 2.05) is 0 Å². The molecule has 1 spiro atoms. The fraction of sp³-hybridized carbons (Fsp3) is 0.364. The number of hydrogen-bond acceptors (Lipinski definition) is 4. The molecule has 5 nitrogen and oxygen atoms in total. The number of anilines is 2. The molecule has 1 aromatic rings. The van der Waals surface area contributed by atoms with Crippen molar-refractivity contribution in [1.29, 1.82) is 0 Å². The van der Waals surface area contributed by atoms with Crippen molar-refractivity contribution >= 4 is 27.1 Å². The van der Waals surface area contributed by atoms with Crippen LogP contribution in [0.3, 0.4) is 0 Å². The van der Waals surface area contributed by atoms with Crippen LogP contribution in [0.4, 0.5) is 11.4 Å². The maximum Gasteiger partial charge on any atom is 0.231 e. The van der Waals surface area contributed by atoms with Gasteiger partial charge in [0.05, 0.1) is 27.4 Å². The van der Waals surface area contributed by atoms with Gasteiger partial charge in [0.2, 0.25) is 5.91 Å². The van der Waals surface area contributed by atoms with Crippen LogP contribution in [-0.2, 0) is 14.6 Å². The highest BCUT2D eigenvalue weighted by molar-refractivity contribution is 7.91. The number of hydrogen-bond donors (Lipinski definition) is 2. The second-order valence-electron chi connectivity index (χ2n) is 4.71. The number of nitrogens with one attached hydrogen (secondary N) is 1. The van der Waals surface area contributed by atoms with Crippen LogP contribution in [0.1, 0.15) is 12.8 Å². The first kappa shape index (κ1) is 10.6. The fourth-order valence-electron chi connectivity index (χ4n) is 2.22. The normalized spacial score (nSPS) is 23.6. The molecular formula is C11H12N2O3S. The molecule has 1 fully saturated rings. The third kappa shape index (κ3) is 1.44. The van der Waals surface area contributed by atoms with E-state index in [0.29, 0.717) is 12.8 Å². The van der Waals surface area contributed by atoms with E-state index in [-0.39, 0.29) is 27.9 Å². The van der Waals surface area contributed by atoms with Crippen molar-refractivity contribution in [3.8, 4) is 0 Å². The first-order valence-corrected chi connectivity index (χ1v) is 7.03. The quantitative estimate of drug-likeness (QED) is 0.667. The smallest absolute Gasteiger partial charge is 0.231 e. The van der Waals surface area contributed by atoms with Crippen LogP contribution in [0, 0.1) is 5.41 Å². The summed E-state index contributed by atoms with van der Waals surface area (Å²) in [5.74, 6) is -0.333. The summed E-state index contributed by atoms with van der Waals surface area (Å²) < 4.78 is 24.4. The van der Waals surface area contributed by atoms with Crippen molar-refractivity contribution in [3.05, 3.63) is 18.2 Å². The second-order valence-corrected chi connectivity index (χ2v) is 6.67. The Balaban J connectivity index is 2.25. The highest BCUT2D eigenvalue weighted by atomic mass is 32.2. The number of nitrogens with two attached hydrogens (primary N) is 1. The summed E-state index contributed by atoms with van der Waals surface area (Å²) in [5, 5.41) is 2.66. The SMILES string of the molecule is Nc1cccc2c1NC(=O)C1(CC1)CS2(=O)=O. The minimum absolute atomic E-state index is 0.109. The molecule has 3 rings (SSSR count). The van der Waals surface area contributed by atoms with Gasteiger partial charge in [0, 0.05) is 0 Å². The van der Waals surface area contributed by atoms with Crippen molar-refractivity contribution < 1.29 is 13.2 Å². The van der Waals surface area contributed by atoms with E-state index in [0.717, 1.165) is 0 Å². The first-order chi connectivity index (χ1) is 7.95. The van der Waals surface area contributed by atoms with Crippen molar-refractivity contribution in [3.63, 3.8) is 0 Å². The van der Waals surface area contributed by atoms with E-state index in [1.54, 1.807) is 12.1 Å². The van der Waals surface area contributed by atoms with Crippen molar-refractivity contribution in [2.75, 3.05) is 16.8 Å². The zero-order valence-electron chi connectivity index (χ0n) is 9.06. The molecule has 6 heteroatoms. The van der Waals surface area contributed by atoms with Crippen molar-refractivity contribution in [1.82, 2.24) is 0 Å². The van der Waals surface area contributed by atoms with E-state index >= 15 is 0 Å². The van der Waals surface area contributed by atoms with Crippen LogP contribution in [-0.4, -0.2) is 20.1 Å². The lowest BCUT2D eigenvalue weighted by Crippen LogP contribution is -2.27. The van der Waals surface area contributed by atoms with E-state index < -0.39 is 15.3 Å². The summed E-state index contributed by atoms with van der Waals surface area (Å²) in [7, 11) is -3.44.